The molecule has 1 unspecified atom stereocenters. The molecule has 1 atom stereocenters. The van der Waals surface area contributed by atoms with E-state index in [9.17, 15) is 4.79 Å². The molecule has 0 saturated heterocycles. The molecular weight excluding hydrogens is 206 g/mol. The van der Waals surface area contributed by atoms with Crippen molar-refractivity contribution in [1.82, 2.24) is 15.5 Å². The Bertz CT molecular complexity index is 330. The summed E-state index contributed by atoms with van der Waals surface area (Å²) in [5.74, 6) is -0.0956. The number of carbonyl (C=O) groups excluding carboxylic acids is 1. The second-order valence-corrected chi connectivity index (χ2v) is 3.82. The van der Waals surface area contributed by atoms with Crippen LogP contribution in [0.25, 0.3) is 0 Å². The number of aromatic amines is 1. The number of rotatable bonds is 6. The number of nitrogens with one attached hydrogen (secondary N) is 2. The Morgan fingerprint density at radius 3 is 2.94 bits per heavy atom. The van der Waals surface area contributed by atoms with Crippen molar-refractivity contribution < 1.29 is 9.53 Å². The van der Waals surface area contributed by atoms with E-state index in [2.05, 4.69) is 22.4 Å². The molecule has 90 valence electrons. The number of aromatic nitrogens is 2. The molecule has 5 nitrogen and oxygen atoms in total. The van der Waals surface area contributed by atoms with E-state index in [1.54, 1.807) is 13.3 Å². The topological polar surface area (TPSA) is 67.0 Å². The maximum absolute atomic E-state index is 11.9. The van der Waals surface area contributed by atoms with Crippen LogP contribution in [0.2, 0.25) is 0 Å². The minimum absolute atomic E-state index is 0.0665. The summed E-state index contributed by atoms with van der Waals surface area (Å²) < 4.78 is 5.07. The van der Waals surface area contributed by atoms with E-state index in [1.165, 1.54) is 0 Å². The quantitative estimate of drug-likeness (QED) is 0.766. The third-order valence-corrected chi connectivity index (χ3v) is 2.41. The van der Waals surface area contributed by atoms with Gasteiger partial charge in [-0.15, -0.1) is 0 Å². The number of nitrogens with zero attached hydrogens (tertiary/aromatic N) is 1. The van der Waals surface area contributed by atoms with E-state index in [0.29, 0.717) is 12.2 Å². The fourth-order valence-corrected chi connectivity index (χ4v) is 1.59. The van der Waals surface area contributed by atoms with Crippen LogP contribution in [0.5, 0.6) is 0 Å². The Morgan fingerprint density at radius 1 is 1.69 bits per heavy atom. The van der Waals surface area contributed by atoms with Crippen LogP contribution in [0, 0.1) is 6.92 Å². The van der Waals surface area contributed by atoms with Crippen molar-refractivity contribution in [3.05, 3.63) is 17.5 Å². The first-order chi connectivity index (χ1) is 7.69. The molecule has 1 aromatic rings. The van der Waals surface area contributed by atoms with Gasteiger partial charge in [0, 0.05) is 12.8 Å². The summed E-state index contributed by atoms with van der Waals surface area (Å²) in [6.45, 7) is 4.45. The lowest BCUT2D eigenvalue weighted by Crippen LogP contribution is -2.38. The summed E-state index contributed by atoms with van der Waals surface area (Å²) >= 11 is 0. The van der Waals surface area contributed by atoms with Crippen molar-refractivity contribution in [2.75, 3.05) is 13.7 Å². The number of carbonyl (C=O) groups is 1. The van der Waals surface area contributed by atoms with Crippen molar-refractivity contribution in [2.24, 2.45) is 0 Å². The van der Waals surface area contributed by atoms with E-state index in [4.69, 9.17) is 4.74 Å². The molecule has 16 heavy (non-hydrogen) atoms. The molecule has 0 spiro atoms. The van der Waals surface area contributed by atoms with Crippen LogP contribution >= 0.6 is 0 Å². The predicted molar refractivity (Wildman–Crippen MR) is 61.4 cm³/mol. The lowest BCUT2D eigenvalue weighted by atomic mass is 10.1. The molecule has 1 rings (SSSR count). The first-order valence-electron chi connectivity index (χ1n) is 5.48. The third-order valence-electron chi connectivity index (χ3n) is 2.41. The molecule has 0 bridgehead atoms. The largest absolute Gasteiger partial charge is 0.383 e. The molecule has 0 saturated carbocycles. The molecular formula is C11H19N3O2. The van der Waals surface area contributed by atoms with Gasteiger partial charge in [0.05, 0.1) is 24.4 Å². The highest BCUT2D eigenvalue weighted by molar-refractivity contribution is 5.95. The van der Waals surface area contributed by atoms with Gasteiger partial charge in [0.15, 0.2) is 0 Å². The number of amides is 1. The second kappa shape index (κ2) is 6.27. The molecule has 1 aromatic heterocycles. The Kier molecular flexibility index (Phi) is 4.98. The zero-order valence-electron chi connectivity index (χ0n) is 10.0. The van der Waals surface area contributed by atoms with Gasteiger partial charge in [0.2, 0.25) is 0 Å². The van der Waals surface area contributed by atoms with Crippen molar-refractivity contribution in [3.63, 3.8) is 0 Å². The van der Waals surface area contributed by atoms with Crippen LogP contribution in [-0.2, 0) is 4.74 Å². The summed E-state index contributed by atoms with van der Waals surface area (Å²) in [7, 11) is 1.64. The van der Waals surface area contributed by atoms with Gasteiger partial charge in [0.25, 0.3) is 5.91 Å². The molecule has 1 amide bonds. The molecule has 0 aliphatic heterocycles. The highest BCUT2D eigenvalue weighted by Gasteiger charge is 2.15. The van der Waals surface area contributed by atoms with Crippen LogP contribution in [-0.4, -0.2) is 35.9 Å². The minimum Gasteiger partial charge on any atom is -0.383 e. The predicted octanol–water partition coefficient (Wildman–Crippen LogP) is 1.26. The number of methoxy groups -OCH3 is 1. The maximum Gasteiger partial charge on any atom is 0.255 e. The van der Waals surface area contributed by atoms with E-state index < -0.39 is 0 Å². The van der Waals surface area contributed by atoms with Crippen molar-refractivity contribution in [1.29, 1.82) is 0 Å². The summed E-state index contributed by atoms with van der Waals surface area (Å²) in [5, 5.41) is 9.51. The van der Waals surface area contributed by atoms with E-state index in [-0.39, 0.29) is 11.9 Å². The zero-order chi connectivity index (χ0) is 12.0. The fourth-order valence-electron chi connectivity index (χ4n) is 1.59. The summed E-state index contributed by atoms with van der Waals surface area (Å²) in [6, 6.07) is 0.0665. The number of aryl methyl sites for hydroxylation is 1. The standard InChI is InChI=1S/C11H19N3O2/c1-4-5-9(7-16-3)13-11(15)10-6-12-14-8(10)2/h6,9H,4-5,7H2,1-3H3,(H,12,14)(H,13,15). The van der Waals surface area contributed by atoms with Gasteiger partial charge in [-0.05, 0) is 13.3 Å². The highest BCUT2D eigenvalue weighted by Crippen LogP contribution is 2.04. The second-order valence-electron chi connectivity index (χ2n) is 3.82. The van der Waals surface area contributed by atoms with Gasteiger partial charge < -0.3 is 10.1 Å². The van der Waals surface area contributed by atoms with Crippen LogP contribution in [0.4, 0.5) is 0 Å². The lowest BCUT2D eigenvalue weighted by Gasteiger charge is -2.16. The van der Waals surface area contributed by atoms with Crippen LogP contribution in [0.1, 0.15) is 35.8 Å². The Morgan fingerprint density at radius 2 is 2.44 bits per heavy atom. The molecule has 1 heterocycles. The van der Waals surface area contributed by atoms with E-state index >= 15 is 0 Å². The SMILES string of the molecule is CCCC(COC)NC(=O)c1cn[nH]c1C. The molecule has 0 fully saturated rings. The van der Waals surface area contributed by atoms with Crippen LogP contribution < -0.4 is 5.32 Å². The molecule has 0 aliphatic carbocycles. The number of hydrogen-bond acceptors (Lipinski definition) is 3. The van der Waals surface area contributed by atoms with Crippen LogP contribution in [0.3, 0.4) is 0 Å². The number of ether oxygens (including phenoxy) is 1. The van der Waals surface area contributed by atoms with Crippen LogP contribution in [0.15, 0.2) is 6.20 Å². The third kappa shape index (κ3) is 3.34. The summed E-state index contributed by atoms with van der Waals surface area (Å²) in [5.41, 5.74) is 1.38. The average Bonchev–Trinajstić information content (AvgIpc) is 2.65. The number of H-pyrrole nitrogens is 1. The fraction of sp³-hybridized carbons (Fsp3) is 0.636. The first kappa shape index (κ1) is 12.7. The van der Waals surface area contributed by atoms with Gasteiger partial charge in [0.1, 0.15) is 0 Å². The molecule has 0 radical (unpaired) electrons. The van der Waals surface area contributed by atoms with Gasteiger partial charge in [-0.1, -0.05) is 13.3 Å². The maximum atomic E-state index is 11.9. The van der Waals surface area contributed by atoms with Gasteiger partial charge in [-0.3, -0.25) is 9.89 Å². The summed E-state index contributed by atoms with van der Waals surface area (Å²) in [4.78, 5) is 11.9. The van der Waals surface area contributed by atoms with E-state index in [1.807, 2.05) is 6.92 Å². The number of hydrogen-bond donors (Lipinski definition) is 2. The Hall–Kier alpha value is -1.36. The van der Waals surface area contributed by atoms with Crippen molar-refractivity contribution >= 4 is 5.91 Å². The highest BCUT2D eigenvalue weighted by atomic mass is 16.5. The molecule has 0 aromatic carbocycles. The van der Waals surface area contributed by atoms with Gasteiger partial charge in [-0.2, -0.15) is 5.10 Å². The molecule has 2 N–H and O–H groups in total. The van der Waals surface area contributed by atoms with Gasteiger partial charge in [-0.25, -0.2) is 0 Å². The van der Waals surface area contributed by atoms with Gasteiger partial charge >= 0.3 is 0 Å². The molecule has 5 heteroatoms. The normalized spacial score (nSPS) is 12.4. The molecule has 0 aliphatic rings. The minimum atomic E-state index is -0.0956. The average molecular weight is 225 g/mol. The zero-order valence-corrected chi connectivity index (χ0v) is 10.0. The van der Waals surface area contributed by atoms with Crippen molar-refractivity contribution in [3.8, 4) is 0 Å². The Balaban J connectivity index is 2.58. The van der Waals surface area contributed by atoms with E-state index in [0.717, 1.165) is 18.5 Å². The lowest BCUT2D eigenvalue weighted by molar-refractivity contribution is 0.0891. The summed E-state index contributed by atoms with van der Waals surface area (Å²) in [6.07, 6.45) is 3.47. The smallest absolute Gasteiger partial charge is 0.255 e. The first-order valence-corrected chi connectivity index (χ1v) is 5.48. The van der Waals surface area contributed by atoms with Crippen molar-refractivity contribution in [2.45, 2.75) is 32.7 Å². The Labute approximate surface area is 95.6 Å². The monoisotopic (exact) mass is 225 g/mol.